The van der Waals surface area contributed by atoms with E-state index < -0.39 is 0 Å². The fourth-order valence-electron chi connectivity index (χ4n) is 3.08. The van der Waals surface area contributed by atoms with E-state index in [2.05, 4.69) is 69.2 Å². The molecule has 2 rings (SSSR count). The van der Waals surface area contributed by atoms with Crippen molar-refractivity contribution in [2.75, 3.05) is 26.7 Å². The van der Waals surface area contributed by atoms with Gasteiger partial charge in [-0.3, -0.25) is 0 Å². The molecule has 0 bridgehead atoms. The number of nitrogens with zero attached hydrogens (tertiary/aromatic N) is 1. The van der Waals surface area contributed by atoms with Gasteiger partial charge in [0.05, 0.1) is 0 Å². The largest absolute Gasteiger partial charge is 0.312 e. The van der Waals surface area contributed by atoms with Gasteiger partial charge >= 0.3 is 0 Å². The van der Waals surface area contributed by atoms with E-state index >= 15 is 0 Å². The van der Waals surface area contributed by atoms with Gasteiger partial charge in [-0.2, -0.15) is 0 Å². The predicted molar refractivity (Wildman–Crippen MR) is 91.8 cm³/mol. The van der Waals surface area contributed by atoms with Gasteiger partial charge in [0.15, 0.2) is 0 Å². The molecular formula is C19H32N2. The quantitative estimate of drug-likeness (QED) is 0.874. The summed E-state index contributed by atoms with van der Waals surface area (Å²) in [4.78, 5) is 2.61. The summed E-state index contributed by atoms with van der Waals surface area (Å²) in [6.07, 6.45) is 2.63. The van der Waals surface area contributed by atoms with Crippen LogP contribution in [0, 0.1) is 5.41 Å². The molecule has 2 nitrogen and oxygen atoms in total. The van der Waals surface area contributed by atoms with Crippen LogP contribution in [0.25, 0.3) is 0 Å². The van der Waals surface area contributed by atoms with Gasteiger partial charge in [-0.25, -0.2) is 0 Å². The summed E-state index contributed by atoms with van der Waals surface area (Å²) in [5.41, 5.74) is 3.37. The smallest absolute Gasteiger partial charge is 0.0446 e. The van der Waals surface area contributed by atoms with E-state index in [9.17, 15) is 0 Å². The summed E-state index contributed by atoms with van der Waals surface area (Å²) in [6.45, 7) is 12.9. The molecule has 1 saturated heterocycles. The van der Waals surface area contributed by atoms with Gasteiger partial charge in [-0.05, 0) is 55.4 Å². The molecule has 2 heteroatoms. The van der Waals surface area contributed by atoms with Crippen LogP contribution in [-0.2, 0) is 0 Å². The van der Waals surface area contributed by atoms with E-state index in [0.717, 1.165) is 6.54 Å². The minimum Gasteiger partial charge on any atom is -0.312 e. The first kappa shape index (κ1) is 16.5. The number of benzene rings is 1. The molecular weight excluding hydrogens is 256 g/mol. The number of nitrogens with one attached hydrogen (secondary N) is 1. The first-order valence-electron chi connectivity index (χ1n) is 8.41. The van der Waals surface area contributed by atoms with E-state index in [0.29, 0.717) is 17.4 Å². The molecule has 0 aromatic heterocycles. The van der Waals surface area contributed by atoms with Crippen LogP contribution in [0.2, 0.25) is 0 Å². The van der Waals surface area contributed by atoms with Crippen molar-refractivity contribution in [3.05, 3.63) is 35.4 Å². The summed E-state index contributed by atoms with van der Waals surface area (Å²) < 4.78 is 0. The van der Waals surface area contributed by atoms with Crippen LogP contribution in [0.15, 0.2) is 24.3 Å². The molecule has 1 unspecified atom stereocenters. The Hall–Kier alpha value is -0.860. The van der Waals surface area contributed by atoms with E-state index in [1.165, 1.54) is 37.1 Å². The Labute approximate surface area is 130 Å². The Balaban J connectivity index is 1.97. The molecule has 0 saturated carbocycles. The highest BCUT2D eigenvalue weighted by molar-refractivity contribution is 5.27. The molecule has 1 aromatic rings. The summed E-state index contributed by atoms with van der Waals surface area (Å²) in [5.74, 6) is 0.608. The second-order valence-electron chi connectivity index (χ2n) is 7.63. The van der Waals surface area contributed by atoms with Crippen LogP contribution >= 0.6 is 0 Å². The van der Waals surface area contributed by atoms with Gasteiger partial charge in [-0.15, -0.1) is 0 Å². The number of rotatable bonds is 5. The predicted octanol–water partition coefficient (Wildman–Crippen LogP) is 4.19. The Morgan fingerprint density at radius 1 is 1.05 bits per heavy atom. The van der Waals surface area contributed by atoms with Crippen LogP contribution < -0.4 is 5.32 Å². The lowest BCUT2D eigenvalue weighted by Gasteiger charge is -2.38. The average molecular weight is 288 g/mol. The topological polar surface area (TPSA) is 15.3 Å². The summed E-state index contributed by atoms with van der Waals surface area (Å²) in [5, 5.41) is 3.49. The highest BCUT2D eigenvalue weighted by atomic mass is 15.2. The van der Waals surface area contributed by atoms with Crippen molar-refractivity contribution in [2.24, 2.45) is 5.41 Å². The minimum absolute atomic E-state index is 0.437. The van der Waals surface area contributed by atoms with Gasteiger partial charge in [0.25, 0.3) is 0 Å². The van der Waals surface area contributed by atoms with Crippen LogP contribution in [0.3, 0.4) is 0 Å². The van der Waals surface area contributed by atoms with Gasteiger partial charge in [0.2, 0.25) is 0 Å². The number of likely N-dealkylation sites (tertiary alicyclic amines) is 1. The normalized spacial score (nSPS) is 20.7. The third-order valence-corrected chi connectivity index (χ3v) is 5.00. The standard InChI is InChI=1S/C19H32N2/c1-15(2)16-6-8-17(9-7-16)18(20-5)14-21-12-10-19(3,4)11-13-21/h6-9,15,18,20H,10-14H2,1-5H3. The van der Waals surface area contributed by atoms with Gasteiger partial charge < -0.3 is 10.2 Å². The summed E-state index contributed by atoms with van der Waals surface area (Å²) >= 11 is 0. The highest BCUT2D eigenvalue weighted by Gasteiger charge is 2.26. The lowest BCUT2D eigenvalue weighted by molar-refractivity contribution is 0.123. The van der Waals surface area contributed by atoms with E-state index in [4.69, 9.17) is 0 Å². The molecule has 1 aliphatic heterocycles. The molecule has 0 aliphatic carbocycles. The van der Waals surface area contributed by atoms with Crippen molar-refractivity contribution in [3.63, 3.8) is 0 Å². The molecule has 118 valence electrons. The first-order chi connectivity index (χ1) is 9.91. The molecule has 0 amide bonds. The molecule has 0 spiro atoms. The second-order valence-corrected chi connectivity index (χ2v) is 7.63. The lowest BCUT2D eigenvalue weighted by Crippen LogP contribution is -2.41. The minimum atomic E-state index is 0.437. The number of hydrogen-bond acceptors (Lipinski definition) is 2. The van der Waals surface area contributed by atoms with Gasteiger partial charge in [0.1, 0.15) is 0 Å². The van der Waals surface area contributed by atoms with Crippen molar-refractivity contribution < 1.29 is 0 Å². The van der Waals surface area contributed by atoms with Crippen molar-refractivity contribution in [3.8, 4) is 0 Å². The van der Waals surface area contributed by atoms with Crippen molar-refractivity contribution in [2.45, 2.75) is 52.5 Å². The molecule has 21 heavy (non-hydrogen) atoms. The van der Waals surface area contributed by atoms with Crippen molar-refractivity contribution in [1.82, 2.24) is 10.2 Å². The van der Waals surface area contributed by atoms with Gasteiger partial charge in [0, 0.05) is 12.6 Å². The zero-order chi connectivity index (χ0) is 15.5. The maximum atomic E-state index is 3.49. The Bertz CT molecular complexity index is 423. The second kappa shape index (κ2) is 6.93. The maximum Gasteiger partial charge on any atom is 0.0446 e. The van der Waals surface area contributed by atoms with E-state index in [-0.39, 0.29) is 0 Å². The molecule has 1 fully saturated rings. The summed E-state index contributed by atoms with van der Waals surface area (Å²) in [7, 11) is 2.08. The molecule has 0 radical (unpaired) electrons. The van der Waals surface area contributed by atoms with Gasteiger partial charge in [-0.1, -0.05) is 52.0 Å². The monoisotopic (exact) mass is 288 g/mol. The van der Waals surface area contributed by atoms with Crippen LogP contribution in [0.1, 0.15) is 63.6 Å². The fourth-order valence-corrected chi connectivity index (χ4v) is 3.08. The van der Waals surface area contributed by atoms with E-state index in [1.54, 1.807) is 0 Å². The third-order valence-electron chi connectivity index (χ3n) is 5.00. The summed E-state index contributed by atoms with van der Waals surface area (Å²) in [6, 6.07) is 9.59. The average Bonchev–Trinajstić information content (AvgIpc) is 2.46. The Morgan fingerprint density at radius 3 is 2.05 bits per heavy atom. The van der Waals surface area contributed by atoms with Crippen LogP contribution in [-0.4, -0.2) is 31.6 Å². The van der Waals surface area contributed by atoms with Crippen LogP contribution in [0.4, 0.5) is 0 Å². The number of hydrogen-bond donors (Lipinski definition) is 1. The molecule has 1 atom stereocenters. The Morgan fingerprint density at radius 2 is 1.57 bits per heavy atom. The van der Waals surface area contributed by atoms with Crippen LogP contribution in [0.5, 0.6) is 0 Å². The molecule has 1 aromatic carbocycles. The van der Waals surface area contributed by atoms with Crippen molar-refractivity contribution >= 4 is 0 Å². The SMILES string of the molecule is CNC(CN1CCC(C)(C)CC1)c1ccc(C(C)C)cc1. The van der Waals surface area contributed by atoms with Crippen molar-refractivity contribution in [1.29, 1.82) is 0 Å². The molecule has 1 heterocycles. The zero-order valence-corrected chi connectivity index (χ0v) is 14.4. The Kier molecular flexibility index (Phi) is 5.45. The number of piperidine rings is 1. The zero-order valence-electron chi connectivity index (χ0n) is 14.4. The molecule has 1 aliphatic rings. The number of likely N-dealkylation sites (N-methyl/N-ethyl adjacent to an activating group) is 1. The highest BCUT2D eigenvalue weighted by Crippen LogP contribution is 2.30. The third kappa shape index (κ3) is 4.55. The lowest BCUT2D eigenvalue weighted by atomic mass is 9.82. The van der Waals surface area contributed by atoms with E-state index in [1.807, 2.05) is 0 Å². The first-order valence-corrected chi connectivity index (χ1v) is 8.41. The maximum absolute atomic E-state index is 3.49. The fraction of sp³-hybridized carbons (Fsp3) is 0.684. The molecule has 1 N–H and O–H groups in total.